The van der Waals surface area contributed by atoms with Gasteiger partial charge in [-0.1, -0.05) is 26.0 Å². The van der Waals surface area contributed by atoms with Crippen LogP contribution in [0.4, 0.5) is 0 Å². The van der Waals surface area contributed by atoms with E-state index < -0.39 is 10.0 Å². The maximum Gasteiger partial charge on any atom is 0.246 e. The van der Waals surface area contributed by atoms with Crippen LogP contribution in [-0.4, -0.2) is 40.0 Å². The zero-order valence-corrected chi connectivity index (χ0v) is 13.9. The average molecular weight is 323 g/mol. The molecule has 0 aliphatic rings. The Balaban J connectivity index is 0.00000361. The third kappa shape index (κ3) is 4.34. The van der Waals surface area contributed by atoms with Gasteiger partial charge in [0.1, 0.15) is 10.6 Å². The summed E-state index contributed by atoms with van der Waals surface area (Å²) in [5.41, 5.74) is 5.37. The fourth-order valence-electron chi connectivity index (χ4n) is 1.75. The lowest BCUT2D eigenvalue weighted by atomic mass is 9.94. The molecule has 20 heavy (non-hydrogen) atoms. The fraction of sp³-hybridized carbons (Fsp3) is 0.538. The molecule has 0 radical (unpaired) electrons. The molecule has 0 heterocycles. The summed E-state index contributed by atoms with van der Waals surface area (Å²) < 4.78 is 31.4. The number of nitrogens with zero attached hydrogens (tertiary/aromatic N) is 1. The molecule has 1 aromatic rings. The third-order valence-electron chi connectivity index (χ3n) is 2.96. The largest absolute Gasteiger partial charge is 0.495 e. The number of para-hydroxylation sites is 1. The summed E-state index contributed by atoms with van der Waals surface area (Å²) >= 11 is 0. The molecule has 2 N–H and O–H groups in total. The number of sulfonamides is 1. The summed E-state index contributed by atoms with van der Waals surface area (Å²) in [6.07, 6.45) is 0. The van der Waals surface area contributed by atoms with E-state index in [0.29, 0.717) is 18.8 Å². The third-order valence-corrected chi connectivity index (χ3v) is 4.80. The van der Waals surface area contributed by atoms with Crippen molar-refractivity contribution < 1.29 is 13.2 Å². The lowest BCUT2D eigenvalue weighted by Crippen LogP contribution is -2.39. The minimum absolute atomic E-state index is 0. The van der Waals surface area contributed by atoms with Crippen molar-refractivity contribution >= 4 is 22.4 Å². The number of rotatable bonds is 6. The monoisotopic (exact) mass is 322 g/mol. The molecule has 1 aromatic carbocycles. The molecule has 0 atom stereocenters. The van der Waals surface area contributed by atoms with Crippen LogP contribution in [0.5, 0.6) is 5.75 Å². The predicted octanol–water partition coefficient (Wildman–Crippen LogP) is 1.72. The average Bonchev–Trinajstić information content (AvgIpc) is 2.38. The Kier molecular flexibility index (Phi) is 6.97. The summed E-state index contributed by atoms with van der Waals surface area (Å²) in [5.74, 6) is 0.347. The molecule has 7 heteroatoms. The molecule has 0 bridgehead atoms. The normalized spacial score (nSPS) is 12.1. The Labute approximate surface area is 127 Å². The van der Waals surface area contributed by atoms with Gasteiger partial charge in [-0.2, -0.15) is 0 Å². The van der Waals surface area contributed by atoms with Crippen LogP contribution >= 0.6 is 12.4 Å². The summed E-state index contributed by atoms with van der Waals surface area (Å²) in [7, 11) is -0.561. The van der Waals surface area contributed by atoms with E-state index in [4.69, 9.17) is 10.5 Å². The van der Waals surface area contributed by atoms with E-state index in [0.717, 1.165) is 0 Å². The minimum Gasteiger partial charge on any atom is -0.495 e. The van der Waals surface area contributed by atoms with Gasteiger partial charge in [-0.25, -0.2) is 12.7 Å². The van der Waals surface area contributed by atoms with Crippen LogP contribution in [0.25, 0.3) is 0 Å². The Morgan fingerprint density at radius 2 is 1.85 bits per heavy atom. The standard InChI is InChI=1S/C13H22N2O3S.ClH/c1-13(2,9-14)10-15(3)19(16,17)12-8-6-5-7-11(12)18-4;/h5-8H,9-10,14H2,1-4H3;1H. The number of ether oxygens (including phenoxy) is 1. The fourth-order valence-corrected chi connectivity index (χ4v) is 3.26. The highest BCUT2D eigenvalue weighted by Crippen LogP contribution is 2.27. The van der Waals surface area contributed by atoms with E-state index in [1.165, 1.54) is 11.4 Å². The van der Waals surface area contributed by atoms with Gasteiger partial charge in [-0.3, -0.25) is 0 Å². The van der Waals surface area contributed by atoms with Crippen LogP contribution < -0.4 is 10.5 Å². The molecule has 0 saturated carbocycles. The first kappa shape index (κ1) is 19.2. The van der Waals surface area contributed by atoms with Crippen molar-refractivity contribution in [2.75, 3.05) is 27.2 Å². The smallest absolute Gasteiger partial charge is 0.246 e. The Hall–Kier alpha value is -0.820. The number of benzene rings is 1. The van der Waals surface area contributed by atoms with Gasteiger partial charge in [0.05, 0.1) is 7.11 Å². The SMILES string of the molecule is COc1ccccc1S(=O)(=O)N(C)CC(C)(C)CN.Cl. The highest BCUT2D eigenvalue weighted by atomic mass is 35.5. The number of hydrogen-bond donors (Lipinski definition) is 1. The molecule has 0 unspecified atom stereocenters. The van der Waals surface area contributed by atoms with Crippen LogP contribution in [-0.2, 0) is 10.0 Å². The van der Waals surface area contributed by atoms with Gasteiger partial charge < -0.3 is 10.5 Å². The first-order valence-corrected chi connectivity index (χ1v) is 7.48. The van der Waals surface area contributed by atoms with Crippen LogP contribution in [0.1, 0.15) is 13.8 Å². The van der Waals surface area contributed by atoms with E-state index in [2.05, 4.69) is 0 Å². The Bertz CT molecular complexity index is 532. The second-order valence-corrected chi connectivity index (χ2v) is 7.29. The molecule has 0 saturated heterocycles. The number of hydrogen-bond acceptors (Lipinski definition) is 4. The molecule has 0 aliphatic heterocycles. The van der Waals surface area contributed by atoms with Gasteiger partial charge in [0.15, 0.2) is 0 Å². The van der Waals surface area contributed by atoms with Crippen LogP contribution in [0.2, 0.25) is 0 Å². The highest BCUT2D eigenvalue weighted by molar-refractivity contribution is 7.89. The summed E-state index contributed by atoms with van der Waals surface area (Å²) in [6.45, 7) is 4.63. The zero-order valence-electron chi connectivity index (χ0n) is 12.3. The van der Waals surface area contributed by atoms with E-state index in [-0.39, 0.29) is 22.7 Å². The maximum atomic E-state index is 12.5. The maximum absolute atomic E-state index is 12.5. The highest BCUT2D eigenvalue weighted by Gasteiger charge is 2.29. The molecule has 0 amide bonds. The first-order valence-electron chi connectivity index (χ1n) is 6.04. The van der Waals surface area contributed by atoms with Gasteiger partial charge in [-0.15, -0.1) is 12.4 Å². The van der Waals surface area contributed by atoms with Crippen LogP contribution in [0, 0.1) is 5.41 Å². The molecular weight excluding hydrogens is 300 g/mol. The van der Waals surface area contributed by atoms with Crippen molar-refractivity contribution in [1.82, 2.24) is 4.31 Å². The second-order valence-electron chi connectivity index (χ2n) is 5.28. The van der Waals surface area contributed by atoms with Gasteiger partial charge in [-0.05, 0) is 24.1 Å². The van der Waals surface area contributed by atoms with Gasteiger partial charge in [0, 0.05) is 13.6 Å². The van der Waals surface area contributed by atoms with Gasteiger partial charge >= 0.3 is 0 Å². The zero-order chi connectivity index (χ0) is 14.7. The van der Waals surface area contributed by atoms with E-state index in [1.54, 1.807) is 31.3 Å². The number of nitrogens with two attached hydrogens (primary N) is 1. The summed E-state index contributed by atoms with van der Waals surface area (Å²) in [5, 5.41) is 0. The van der Waals surface area contributed by atoms with Gasteiger partial charge in [0.25, 0.3) is 0 Å². The number of methoxy groups -OCH3 is 1. The summed E-state index contributed by atoms with van der Waals surface area (Å²) in [6, 6.07) is 6.59. The van der Waals surface area contributed by atoms with E-state index >= 15 is 0 Å². The topological polar surface area (TPSA) is 72.6 Å². The van der Waals surface area contributed by atoms with Crippen molar-refractivity contribution in [2.24, 2.45) is 11.1 Å². The van der Waals surface area contributed by atoms with E-state index in [9.17, 15) is 8.42 Å². The minimum atomic E-state index is -3.57. The van der Waals surface area contributed by atoms with Crippen molar-refractivity contribution in [1.29, 1.82) is 0 Å². The molecule has 0 spiro atoms. The van der Waals surface area contributed by atoms with Crippen molar-refractivity contribution in [3.05, 3.63) is 24.3 Å². The Morgan fingerprint density at radius 1 is 1.30 bits per heavy atom. The van der Waals surface area contributed by atoms with Crippen LogP contribution in [0.3, 0.4) is 0 Å². The molecule has 1 rings (SSSR count). The van der Waals surface area contributed by atoms with Crippen LogP contribution in [0.15, 0.2) is 29.2 Å². The molecule has 116 valence electrons. The van der Waals surface area contributed by atoms with Crippen molar-refractivity contribution in [2.45, 2.75) is 18.7 Å². The molecule has 5 nitrogen and oxygen atoms in total. The first-order chi connectivity index (χ1) is 8.74. The second kappa shape index (κ2) is 7.26. The summed E-state index contributed by atoms with van der Waals surface area (Å²) in [4.78, 5) is 0.174. The molecular formula is C13H23ClN2O3S. The van der Waals surface area contributed by atoms with Gasteiger partial charge in [0.2, 0.25) is 10.0 Å². The number of halogens is 1. The van der Waals surface area contributed by atoms with E-state index in [1.807, 2.05) is 13.8 Å². The molecule has 0 aliphatic carbocycles. The van der Waals surface area contributed by atoms with Crippen molar-refractivity contribution in [3.8, 4) is 5.75 Å². The molecule has 0 aromatic heterocycles. The molecule has 0 fully saturated rings. The van der Waals surface area contributed by atoms with Crippen molar-refractivity contribution in [3.63, 3.8) is 0 Å². The Morgan fingerprint density at radius 3 is 2.35 bits per heavy atom. The quantitative estimate of drug-likeness (QED) is 0.865. The lowest BCUT2D eigenvalue weighted by molar-refractivity contribution is 0.291. The predicted molar refractivity (Wildman–Crippen MR) is 82.9 cm³/mol. The lowest BCUT2D eigenvalue weighted by Gasteiger charge is -2.28.